The van der Waals surface area contributed by atoms with Gasteiger partial charge in [0.2, 0.25) is 0 Å². The molecule has 1 saturated carbocycles. The summed E-state index contributed by atoms with van der Waals surface area (Å²) in [6, 6.07) is 6.14. The summed E-state index contributed by atoms with van der Waals surface area (Å²) in [5.41, 5.74) is 1.09. The molecule has 0 bridgehead atoms. The molecule has 0 radical (unpaired) electrons. The molecule has 1 aliphatic carbocycles. The summed E-state index contributed by atoms with van der Waals surface area (Å²) < 4.78 is 28.8. The average Bonchev–Trinajstić information content (AvgIpc) is 3.43. The van der Waals surface area contributed by atoms with E-state index in [0.717, 1.165) is 18.3 Å². The van der Waals surface area contributed by atoms with Crippen LogP contribution in [0.15, 0.2) is 35.4 Å². The molecule has 1 aliphatic rings. The Balaban J connectivity index is 1.75. The van der Waals surface area contributed by atoms with Crippen LogP contribution >= 0.6 is 11.8 Å². The Morgan fingerprint density at radius 1 is 1.31 bits per heavy atom. The van der Waals surface area contributed by atoms with Crippen LogP contribution in [-0.4, -0.2) is 28.4 Å². The molecule has 0 amide bonds. The second-order valence-corrected chi connectivity index (χ2v) is 7.44. The van der Waals surface area contributed by atoms with Crippen LogP contribution in [-0.2, 0) is 4.79 Å². The molecule has 1 aromatic carbocycles. The monoisotopic (exact) mass is 378 g/mol. The van der Waals surface area contributed by atoms with E-state index in [-0.39, 0.29) is 11.3 Å². The number of thioether (sulfide) groups is 1. The molecule has 2 N–H and O–H groups in total. The number of nitrogens with one attached hydrogen (secondary N) is 1. The third kappa shape index (κ3) is 4.94. The fraction of sp³-hybridized carbons (Fsp3) is 0.368. The van der Waals surface area contributed by atoms with E-state index >= 15 is 0 Å². The summed E-state index contributed by atoms with van der Waals surface area (Å²) in [7, 11) is 0. The van der Waals surface area contributed by atoms with Crippen molar-refractivity contribution in [3.8, 4) is 11.1 Å². The van der Waals surface area contributed by atoms with E-state index in [1.807, 2.05) is 0 Å². The molecular weight excluding hydrogens is 358 g/mol. The number of carboxylic acid groups (broad SMARTS) is 1. The van der Waals surface area contributed by atoms with Gasteiger partial charge in [0.1, 0.15) is 17.5 Å². The number of rotatable bonds is 9. The van der Waals surface area contributed by atoms with Gasteiger partial charge in [-0.25, -0.2) is 13.8 Å². The Morgan fingerprint density at radius 3 is 2.69 bits per heavy atom. The first kappa shape index (κ1) is 18.6. The minimum absolute atomic E-state index is 0.0139. The maximum Gasteiger partial charge on any atom is 0.303 e. The van der Waals surface area contributed by atoms with Gasteiger partial charge in [0.15, 0.2) is 0 Å². The molecule has 3 rings (SSSR count). The maximum atomic E-state index is 14.4. The summed E-state index contributed by atoms with van der Waals surface area (Å²) in [5.74, 6) is -0.567. The van der Waals surface area contributed by atoms with Gasteiger partial charge in [-0.15, -0.1) is 11.8 Å². The van der Waals surface area contributed by atoms with Crippen LogP contribution < -0.4 is 5.32 Å². The number of benzene rings is 1. The van der Waals surface area contributed by atoms with E-state index in [9.17, 15) is 13.6 Å². The second kappa shape index (κ2) is 8.49. The predicted molar refractivity (Wildman–Crippen MR) is 98.4 cm³/mol. The fourth-order valence-electron chi connectivity index (χ4n) is 2.59. The normalized spacial score (nSPS) is 13.6. The number of hydrogen-bond acceptors (Lipinski definition) is 4. The van der Waals surface area contributed by atoms with Crippen molar-refractivity contribution in [2.24, 2.45) is 5.92 Å². The first-order valence-corrected chi connectivity index (χ1v) is 9.56. The molecule has 0 saturated heterocycles. The van der Waals surface area contributed by atoms with Crippen LogP contribution in [0.25, 0.3) is 11.1 Å². The highest BCUT2D eigenvalue weighted by Crippen LogP contribution is 2.34. The number of nitrogens with zero attached hydrogens (tertiary/aromatic N) is 1. The lowest BCUT2D eigenvalue weighted by molar-refractivity contribution is -0.137. The van der Waals surface area contributed by atoms with Crippen LogP contribution in [0.5, 0.6) is 0 Å². The van der Waals surface area contributed by atoms with Gasteiger partial charge < -0.3 is 10.4 Å². The number of hydrogen-bond donors (Lipinski definition) is 2. The summed E-state index contributed by atoms with van der Waals surface area (Å²) in [4.78, 5) is 14.7. The number of carboxylic acids is 1. The van der Waals surface area contributed by atoms with Crippen molar-refractivity contribution in [2.45, 2.75) is 30.6 Å². The van der Waals surface area contributed by atoms with Crippen molar-refractivity contribution < 1.29 is 18.7 Å². The highest BCUT2D eigenvalue weighted by atomic mass is 32.2. The van der Waals surface area contributed by atoms with E-state index in [4.69, 9.17) is 5.11 Å². The molecule has 1 heterocycles. The van der Waals surface area contributed by atoms with Crippen LogP contribution in [0.1, 0.15) is 25.7 Å². The Kier molecular flexibility index (Phi) is 6.08. The highest BCUT2D eigenvalue weighted by molar-refractivity contribution is 7.99. The Hall–Kier alpha value is -2.15. The van der Waals surface area contributed by atoms with E-state index in [2.05, 4.69) is 10.3 Å². The zero-order chi connectivity index (χ0) is 18.5. The molecule has 0 atom stereocenters. The zero-order valence-corrected chi connectivity index (χ0v) is 15.0. The minimum atomic E-state index is -0.912. The van der Waals surface area contributed by atoms with Crippen LogP contribution in [0.4, 0.5) is 14.6 Å². The SMILES string of the molecule is O=C(O)CCCSc1c(F)cc(-c2cccnc2NCC2CC2)cc1F. The lowest BCUT2D eigenvalue weighted by Gasteiger charge is -2.12. The van der Waals surface area contributed by atoms with E-state index < -0.39 is 17.6 Å². The maximum absolute atomic E-state index is 14.4. The number of aliphatic carboxylic acids is 1. The van der Waals surface area contributed by atoms with Crippen molar-refractivity contribution in [3.63, 3.8) is 0 Å². The molecule has 4 nitrogen and oxygen atoms in total. The number of carbonyl (C=O) groups is 1. The van der Waals surface area contributed by atoms with Crippen molar-refractivity contribution in [1.82, 2.24) is 4.98 Å². The van der Waals surface area contributed by atoms with Gasteiger partial charge in [0, 0.05) is 24.7 Å². The smallest absolute Gasteiger partial charge is 0.303 e. The summed E-state index contributed by atoms with van der Waals surface area (Å²) in [6.45, 7) is 0.812. The quantitative estimate of drug-likeness (QED) is 0.484. The molecule has 0 aliphatic heterocycles. The molecule has 7 heteroatoms. The largest absolute Gasteiger partial charge is 0.481 e. The van der Waals surface area contributed by atoms with Gasteiger partial charge in [-0.05, 0) is 60.8 Å². The highest BCUT2D eigenvalue weighted by Gasteiger charge is 2.21. The van der Waals surface area contributed by atoms with Crippen molar-refractivity contribution in [1.29, 1.82) is 0 Å². The lowest BCUT2D eigenvalue weighted by Crippen LogP contribution is -2.06. The molecule has 0 spiro atoms. The molecule has 26 heavy (non-hydrogen) atoms. The van der Waals surface area contributed by atoms with Gasteiger partial charge in [-0.3, -0.25) is 4.79 Å². The lowest BCUT2D eigenvalue weighted by atomic mass is 10.1. The Labute approximate surface area is 155 Å². The van der Waals surface area contributed by atoms with Crippen molar-refractivity contribution >= 4 is 23.5 Å². The molecule has 1 fully saturated rings. The number of halogens is 2. The number of anilines is 1. The predicted octanol–water partition coefficient (Wildman–Crippen LogP) is 4.81. The van der Waals surface area contributed by atoms with Gasteiger partial charge in [0.25, 0.3) is 0 Å². The van der Waals surface area contributed by atoms with Crippen molar-refractivity contribution in [3.05, 3.63) is 42.1 Å². The van der Waals surface area contributed by atoms with E-state index in [0.29, 0.717) is 35.0 Å². The van der Waals surface area contributed by atoms with Gasteiger partial charge in [0.05, 0.1) is 4.90 Å². The number of aromatic nitrogens is 1. The Bertz CT molecular complexity index is 774. The average molecular weight is 378 g/mol. The summed E-state index contributed by atoms with van der Waals surface area (Å²) >= 11 is 1.00. The first-order chi connectivity index (χ1) is 12.5. The van der Waals surface area contributed by atoms with Gasteiger partial charge >= 0.3 is 5.97 Å². The van der Waals surface area contributed by atoms with Gasteiger partial charge in [-0.1, -0.05) is 0 Å². The third-order valence-electron chi connectivity index (χ3n) is 4.15. The molecule has 1 aromatic heterocycles. The third-order valence-corrected chi connectivity index (χ3v) is 5.32. The zero-order valence-electron chi connectivity index (χ0n) is 14.2. The summed E-state index contributed by atoms with van der Waals surface area (Å²) in [5, 5.41) is 11.9. The standard InChI is InChI=1S/C19H20F2N2O2S/c20-15-9-13(10-16(21)18(15)26-8-2-4-17(24)25)14-3-1-7-22-19(14)23-11-12-5-6-12/h1,3,7,9-10,12H,2,4-6,8,11H2,(H,22,23)(H,24,25). The number of pyridine rings is 1. The van der Waals surface area contributed by atoms with Crippen LogP contribution in [0.2, 0.25) is 0 Å². The molecular formula is C19H20F2N2O2S. The topological polar surface area (TPSA) is 62.2 Å². The fourth-order valence-corrected chi connectivity index (χ4v) is 3.48. The van der Waals surface area contributed by atoms with E-state index in [1.54, 1.807) is 18.3 Å². The van der Waals surface area contributed by atoms with Gasteiger partial charge in [-0.2, -0.15) is 0 Å². The molecule has 2 aromatic rings. The Morgan fingerprint density at radius 2 is 2.04 bits per heavy atom. The van der Waals surface area contributed by atoms with Crippen molar-refractivity contribution in [2.75, 3.05) is 17.6 Å². The molecule has 0 unspecified atom stereocenters. The second-order valence-electron chi connectivity index (χ2n) is 6.34. The van der Waals surface area contributed by atoms with E-state index in [1.165, 1.54) is 25.0 Å². The minimum Gasteiger partial charge on any atom is -0.481 e. The summed E-state index contributed by atoms with van der Waals surface area (Å²) in [6.07, 6.45) is 4.40. The first-order valence-electron chi connectivity index (χ1n) is 8.57. The van der Waals surface area contributed by atoms with Crippen LogP contribution in [0.3, 0.4) is 0 Å². The molecule has 138 valence electrons. The van der Waals surface area contributed by atoms with Crippen LogP contribution in [0, 0.1) is 17.6 Å².